The van der Waals surface area contributed by atoms with E-state index < -0.39 is 15.4 Å². The van der Waals surface area contributed by atoms with Crippen LogP contribution in [-0.2, 0) is 19.4 Å². The molecule has 1 aromatic rings. The topological polar surface area (TPSA) is 95.6 Å². The molecule has 0 unspecified atom stereocenters. The van der Waals surface area contributed by atoms with E-state index in [9.17, 15) is 18.0 Å². The van der Waals surface area contributed by atoms with Crippen LogP contribution in [0, 0.1) is 13.8 Å². The summed E-state index contributed by atoms with van der Waals surface area (Å²) in [4.78, 5) is 26.0. The minimum absolute atomic E-state index is 0.0236. The third-order valence-corrected chi connectivity index (χ3v) is 6.42. The number of nitrogens with one attached hydrogen (secondary N) is 2. The maximum absolute atomic E-state index is 12.2. The molecule has 7 nitrogen and oxygen atoms in total. The summed E-state index contributed by atoms with van der Waals surface area (Å²) >= 11 is 0. The molecule has 2 N–H and O–H groups in total. The Morgan fingerprint density at radius 1 is 1.15 bits per heavy atom. The van der Waals surface area contributed by atoms with Crippen molar-refractivity contribution in [2.45, 2.75) is 32.7 Å². The normalized spacial score (nSPS) is 21.6. The van der Waals surface area contributed by atoms with Crippen molar-refractivity contribution >= 4 is 27.3 Å². The number of hydrogen-bond donors (Lipinski definition) is 2. The van der Waals surface area contributed by atoms with Gasteiger partial charge in [0.2, 0.25) is 11.8 Å². The van der Waals surface area contributed by atoms with E-state index in [1.165, 1.54) is 0 Å². The summed E-state index contributed by atoms with van der Waals surface area (Å²) in [5.74, 6) is -0.431. The number of sulfone groups is 1. The molecule has 2 rings (SSSR count). The highest BCUT2D eigenvalue weighted by Crippen LogP contribution is 2.22. The van der Waals surface area contributed by atoms with Crippen LogP contribution < -0.4 is 10.6 Å². The first-order chi connectivity index (χ1) is 12.0. The Hall–Kier alpha value is -1.93. The number of carbonyl (C=O) groups is 2. The first-order valence-corrected chi connectivity index (χ1v) is 10.4. The van der Waals surface area contributed by atoms with Crippen molar-refractivity contribution in [3.8, 4) is 0 Å². The second-order valence-corrected chi connectivity index (χ2v) is 9.62. The highest BCUT2D eigenvalue weighted by Gasteiger charge is 2.39. The standard InChI is InChI=1S/C18H27N3O4S/c1-13-6-5-7-14(2)17(13)19-15(22)10-21(4)11-16(23)20-18(3)8-9-26(24,25)12-18/h5-7H,8-12H2,1-4H3,(H,19,22)(H,20,23)/t18-/m0/s1. The SMILES string of the molecule is Cc1cccc(C)c1NC(=O)CN(C)CC(=O)N[C@@]1(C)CCS(=O)(=O)C1. The lowest BCUT2D eigenvalue weighted by Gasteiger charge is -2.25. The monoisotopic (exact) mass is 381 g/mol. The fraction of sp³-hybridized carbons (Fsp3) is 0.556. The summed E-state index contributed by atoms with van der Waals surface area (Å²) in [5.41, 5.74) is 2.03. The zero-order valence-electron chi connectivity index (χ0n) is 15.8. The van der Waals surface area contributed by atoms with E-state index >= 15 is 0 Å². The maximum Gasteiger partial charge on any atom is 0.238 e. The smallest absolute Gasteiger partial charge is 0.238 e. The van der Waals surface area contributed by atoms with Crippen LogP contribution in [0.15, 0.2) is 18.2 Å². The van der Waals surface area contributed by atoms with Crippen molar-refractivity contribution in [3.63, 3.8) is 0 Å². The lowest BCUT2D eigenvalue weighted by Crippen LogP contribution is -2.50. The fourth-order valence-corrected chi connectivity index (χ4v) is 5.32. The Balaban J connectivity index is 1.85. The van der Waals surface area contributed by atoms with Gasteiger partial charge in [0.15, 0.2) is 9.84 Å². The van der Waals surface area contributed by atoms with Crippen LogP contribution >= 0.6 is 0 Å². The van der Waals surface area contributed by atoms with Gasteiger partial charge in [0.05, 0.1) is 30.1 Å². The Bertz CT molecular complexity index is 786. The number of carbonyl (C=O) groups excluding carboxylic acids is 2. The van der Waals surface area contributed by atoms with Gasteiger partial charge in [0, 0.05) is 5.69 Å². The number of nitrogens with zero attached hydrogens (tertiary/aromatic N) is 1. The molecule has 1 heterocycles. The van der Waals surface area contributed by atoms with Crippen LogP contribution in [0.1, 0.15) is 24.5 Å². The molecular weight excluding hydrogens is 354 g/mol. The molecule has 8 heteroatoms. The van der Waals surface area contributed by atoms with Crippen LogP contribution in [0.4, 0.5) is 5.69 Å². The summed E-state index contributed by atoms with van der Waals surface area (Å²) in [7, 11) is -1.40. The Morgan fingerprint density at radius 2 is 1.73 bits per heavy atom. The van der Waals surface area contributed by atoms with Gasteiger partial charge in [-0.05, 0) is 45.4 Å². The van der Waals surface area contributed by atoms with E-state index in [0.29, 0.717) is 6.42 Å². The van der Waals surface area contributed by atoms with E-state index in [1.807, 2.05) is 32.0 Å². The average molecular weight is 381 g/mol. The molecule has 2 amide bonds. The van der Waals surface area contributed by atoms with Crippen molar-refractivity contribution in [2.24, 2.45) is 0 Å². The van der Waals surface area contributed by atoms with Gasteiger partial charge in [-0.15, -0.1) is 0 Å². The van der Waals surface area contributed by atoms with Crippen molar-refractivity contribution in [1.29, 1.82) is 0 Å². The number of benzene rings is 1. The molecule has 0 spiro atoms. The maximum atomic E-state index is 12.2. The largest absolute Gasteiger partial charge is 0.349 e. The van der Waals surface area contributed by atoms with Gasteiger partial charge in [-0.2, -0.15) is 0 Å². The van der Waals surface area contributed by atoms with Crippen molar-refractivity contribution in [1.82, 2.24) is 10.2 Å². The Morgan fingerprint density at radius 3 is 2.27 bits per heavy atom. The van der Waals surface area contributed by atoms with Crippen molar-refractivity contribution in [2.75, 3.05) is 37.0 Å². The zero-order valence-corrected chi connectivity index (χ0v) is 16.6. The van der Waals surface area contributed by atoms with Gasteiger partial charge in [-0.3, -0.25) is 14.5 Å². The van der Waals surface area contributed by atoms with Crippen LogP contribution in [0.5, 0.6) is 0 Å². The number of amides is 2. The molecule has 0 radical (unpaired) electrons. The van der Waals surface area contributed by atoms with E-state index in [4.69, 9.17) is 0 Å². The van der Waals surface area contributed by atoms with Gasteiger partial charge < -0.3 is 10.6 Å². The zero-order chi connectivity index (χ0) is 19.5. The van der Waals surface area contributed by atoms with Gasteiger partial charge in [-0.25, -0.2) is 8.42 Å². The number of rotatable bonds is 6. The van der Waals surface area contributed by atoms with Crippen LogP contribution in [0.3, 0.4) is 0 Å². The Kier molecular flexibility index (Phi) is 6.08. The molecule has 26 heavy (non-hydrogen) atoms. The molecule has 0 aliphatic carbocycles. The lowest BCUT2D eigenvalue weighted by molar-refractivity contribution is -0.124. The second kappa shape index (κ2) is 7.75. The molecular formula is C18H27N3O4S. The lowest BCUT2D eigenvalue weighted by atomic mass is 10.0. The molecule has 0 bridgehead atoms. The van der Waals surface area contributed by atoms with E-state index in [2.05, 4.69) is 10.6 Å². The van der Waals surface area contributed by atoms with Crippen LogP contribution in [-0.4, -0.2) is 62.3 Å². The number of para-hydroxylation sites is 1. The molecule has 1 aliphatic heterocycles. The number of hydrogen-bond acceptors (Lipinski definition) is 5. The summed E-state index contributed by atoms with van der Waals surface area (Å²) in [6.45, 7) is 5.68. The van der Waals surface area contributed by atoms with E-state index in [-0.39, 0.29) is 36.4 Å². The molecule has 144 valence electrons. The molecule has 0 saturated carbocycles. The van der Waals surface area contributed by atoms with Gasteiger partial charge in [0.25, 0.3) is 0 Å². The summed E-state index contributed by atoms with van der Waals surface area (Å²) in [6, 6.07) is 5.78. The van der Waals surface area contributed by atoms with Crippen LogP contribution in [0.2, 0.25) is 0 Å². The minimum atomic E-state index is -3.08. The summed E-state index contributed by atoms with van der Waals surface area (Å²) < 4.78 is 23.2. The minimum Gasteiger partial charge on any atom is -0.349 e. The molecule has 1 aromatic carbocycles. The summed E-state index contributed by atoms with van der Waals surface area (Å²) in [5, 5.41) is 5.67. The highest BCUT2D eigenvalue weighted by molar-refractivity contribution is 7.91. The molecule has 1 fully saturated rings. The number of aryl methyl sites for hydroxylation is 2. The van der Waals surface area contributed by atoms with Gasteiger partial charge in [-0.1, -0.05) is 18.2 Å². The predicted octanol–water partition coefficient (Wildman–Crippen LogP) is 0.867. The van der Waals surface area contributed by atoms with Crippen molar-refractivity contribution < 1.29 is 18.0 Å². The van der Waals surface area contributed by atoms with Gasteiger partial charge in [0.1, 0.15) is 0 Å². The highest BCUT2D eigenvalue weighted by atomic mass is 32.2. The first-order valence-electron chi connectivity index (χ1n) is 8.56. The Labute approximate surface area is 155 Å². The van der Waals surface area contributed by atoms with E-state index in [0.717, 1.165) is 16.8 Å². The first kappa shape index (κ1) is 20.4. The number of likely N-dealkylation sites (N-methyl/N-ethyl adjacent to an activating group) is 1. The average Bonchev–Trinajstić information content (AvgIpc) is 2.75. The third-order valence-electron chi connectivity index (χ3n) is 4.52. The second-order valence-electron chi connectivity index (χ2n) is 7.44. The van der Waals surface area contributed by atoms with Gasteiger partial charge >= 0.3 is 0 Å². The molecule has 0 aromatic heterocycles. The van der Waals surface area contributed by atoms with Crippen molar-refractivity contribution in [3.05, 3.63) is 29.3 Å². The molecule has 1 atom stereocenters. The summed E-state index contributed by atoms with van der Waals surface area (Å²) in [6.07, 6.45) is 0.415. The molecule has 1 aliphatic rings. The quantitative estimate of drug-likeness (QED) is 0.762. The predicted molar refractivity (Wildman–Crippen MR) is 102 cm³/mol. The fourth-order valence-electron chi connectivity index (χ4n) is 3.22. The third kappa shape index (κ3) is 5.54. The molecule has 1 saturated heterocycles. The van der Waals surface area contributed by atoms with E-state index in [1.54, 1.807) is 18.9 Å². The number of anilines is 1. The van der Waals surface area contributed by atoms with Crippen LogP contribution in [0.25, 0.3) is 0 Å².